The minimum atomic E-state index is 0.273. The summed E-state index contributed by atoms with van der Waals surface area (Å²) in [5, 5.41) is 0. The summed E-state index contributed by atoms with van der Waals surface area (Å²) in [5.74, 6) is 0.273. The zero-order valence-corrected chi connectivity index (χ0v) is 3.89. The zero-order chi connectivity index (χ0) is 5.70. The van der Waals surface area contributed by atoms with E-state index < -0.39 is 0 Å². The molecule has 0 saturated heterocycles. The molecule has 0 heterocycles. The maximum Gasteiger partial charge on any atom is 0.298 e. The summed E-state index contributed by atoms with van der Waals surface area (Å²) >= 11 is 0. The summed E-state index contributed by atoms with van der Waals surface area (Å²) in [6.45, 7) is 6.90. The van der Waals surface area contributed by atoms with Crippen LogP contribution in [0.25, 0.3) is 0 Å². The lowest BCUT2D eigenvalue weighted by atomic mass is 10.6. The Morgan fingerprint density at radius 2 is 2.29 bits per heavy atom. The van der Waals surface area contributed by atoms with Crippen LogP contribution in [0.4, 0.5) is 0 Å². The van der Waals surface area contributed by atoms with Crippen molar-refractivity contribution in [2.24, 2.45) is 0 Å². The molecule has 0 N–H and O–H groups in total. The van der Waals surface area contributed by atoms with Crippen LogP contribution in [0.15, 0.2) is 25.0 Å². The van der Waals surface area contributed by atoms with Crippen LogP contribution in [0.5, 0.6) is 0 Å². The minimum absolute atomic E-state index is 0.273. The van der Waals surface area contributed by atoms with Crippen molar-refractivity contribution in [1.29, 1.82) is 0 Å². The number of hydrogen-bond donors (Lipinski definition) is 0. The Kier molecular flexibility index (Phi) is 2.68. The quantitative estimate of drug-likeness (QED) is 0.297. The number of rotatable bonds is 3. The van der Waals surface area contributed by atoms with E-state index in [1.54, 1.807) is 0 Å². The molecule has 0 spiro atoms. The lowest BCUT2D eigenvalue weighted by Crippen LogP contribution is -1.80. The number of ether oxygens (including phenoxy) is 1. The lowest BCUT2D eigenvalue weighted by Gasteiger charge is -1.88. The predicted molar refractivity (Wildman–Crippen MR) is 26.5 cm³/mol. The molecule has 0 unspecified atom stereocenters. The van der Waals surface area contributed by atoms with E-state index in [0.29, 0.717) is 6.47 Å². The molecule has 0 bridgehead atoms. The monoisotopic (exact) mass is 98.0 g/mol. The minimum Gasteiger partial charge on any atom is -0.429 e. The molecule has 0 amide bonds. The van der Waals surface area contributed by atoms with Crippen molar-refractivity contribution in [3.63, 3.8) is 0 Å². The highest BCUT2D eigenvalue weighted by molar-refractivity contribution is 5.40. The normalized spacial score (nSPS) is 6.86. The second-order valence-electron chi connectivity index (χ2n) is 0.885. The van der Waals surface area contributed by atoms with Gasteiger partial charge in [-0.3, -0.25) is 4.79 Å². The molecule has 0 atom stereocenters. The molecule has 38 valence electrons. The SMILES string of the molecule is C=CC(=C)OC=O. The topological polar surface area (TPSA) is 26.3 Å². The summed E-state index contributed by atoms with van der Waals surface area (Å²) in [6.07, 6.45) is 1.36. The first kappa shape index (κ1) is 5.95. The summed E-state index contributed by atoms with van der Waals surface area (Å²) < 4.78 is 4.20. The van der Waals surface area contributed by atoms with Crippen molar-refractivity contribution in [2.75, 3.05) is 0 Å². The largest absolute Gasteiger partial charge is 0.429 e. The molecule has 0 aromatic rings. The van der Waals surface area contributed by atoms with Crippen LogP contribution in [0.1, 0.15) is 0 Å². The highest BCUT2D eigenvalue weighted by Gasteiger charge is 1.77. The third kappa shape index (κ3) is 2.76. The van der Waals surface area contributed by atoms with E-state index in [1.165, 1.54) is 6.08 Å². The van der Waals surface area contributed by atoms with Crippen LogP contribution in [0.2, 0.25) is 0 Å². The third-order valence-corrected chi connectivity index (χ3v) is 0.427. The van der Waals surface area contributed by atoms with Crippen LogP contribution in [-0.2, 0) is 9.53 Å². The molecule has 2 nitrogen and oxygen atoms in total. The van der Waals surface area contributed by atoms with Gasteiger partial charge < -0.3 is 4.74 Å². The smallest absolute Gasteiger partial charge is 0.298 e. The van der Waals surface area contributed by atoms with Crippen molar-refractivity contribution < 1.29 is 9.53 Å². The Morgan fingerprint density at radius 1 is 1.71 bits per heavy atom. The molecular formula is C5H6O2. The summed E-state index contributed by atoms with van der Waals surface area (Å²) in [5.41, 5.74) is 0. The van der Waals surface area contributed by atoms with Gasteiger partial charge in [0.2, 0.25) is 0 Å². The Hall–Kier alpha value is -1.05. The van der Waals surface area contributed by atoms with Crippen LogP contribution in [0.3, 0.4) is 0 Å². The molecule has 0 aliphatic rings. The fourth-order valence-electron chi connectivity index (χ4n) is 0.110. The van der Waals surface area contributed by atoms with Gasteiger partial charge in [-0.15, -0.1) is 0 Å². The second kappa shape index (κ2) is 3.15. The van der Waals surface area contributed by atoms with Crippen LogP contribution < -0.4 is 0 Å². The Labute approximate surface area is 42.1 Å². The van der Waals surface area contributed by atoms with E-state index >= 15 is 0 Å². The molecule has 0 radical (unpaired) electrons. The number of hydrogen-bond acceptors (Lipinski definition) is 2. The molecule has 0 saturated carbocycles. The van der Waals surface area contributed by atoms with E-state index in [1.807, 2.05) is 0 Å². The van der Waals surface area contributed by atoms with Crippen molar-refractivity contribution in [2.45, 2.75) is 0 Å². The van der Waals surface area contributed by atoms with Crippen LogP contribution in [0, 0.1) is 0 Å². The maximum atomic E-state index is 9.44. The lowest BCUT2D eigenvalue weighted by molar-refractivity contribution is -0.124. The van der Waals surface area contributed by atoms with Gasteiger partial charge in [-0.05, 0) is 6.08 Å². The van der Waals surface area contributed by atoms with Crippen LogP contribution in [-0.4, -0.2) is 6.47 Å². The van der Waals surface area contributed by atoms with Crippen molar-refractivity contribution in [3.8, 4) is 0 Å². The van der Waals surface area contributed by atoms with Gasteiger partial charge in [-0.2, -0.15) is 0 Å². The van der Waals surface area contributed by atoms with Gasteiger partial charge >= 0.3 is 0 Å². The van der Waals surface area contributed by atoms with E-state index in [9.17, 15) is 4.79 Å². The number of carbonyl (C=O) groups excluding carboxylic acids is 1. The Balaban J connectivity index is 3.36. The van der Waals surface area contributed by atoms with Crippen molar-refractivity contribution in [3.05, 3.63) is 25.0 Å². The third-order valence-electron chi connectivity index (χ3n) is 0.427. The van der Waals surface area contributed by atoms with E-state index in [0.717, 1.165) is 0 Å². The van der Waals surface area contributed by atoms with E-state index in [-0.39, 0.29) is 5.76 Å². The molecule has 0 aliphatic carbocycles. The fourth-order valence-corrected chi connectivity index (χ4v) is 0.110. The van der Waals surface area contributed by atoms with Gasteiger partial charge in [0.05, 0.1) is 0 Å². The molecular weight excluding hydrogens is 92.1 g/mol. The van der Waals surface area contributed by atoms with Gasteiger partial charge in [0.25, 0.3) is 6.47 Å². The number of allylic oxidation sites excluding steroid dienone is 1. The maximum absolute atomic E-state index is 9.44. The Bertz CT molecular complexity index is 94.3. The average Bonchev–Trinajstić information content (AvgIpc) is 1.68. The molecule has 0 aromatic carbocycles. The first-order chi connectivity index (χ1) is 3.31. The first-order valence-corrected chi connectivity index (χ1v) is 1.73. The first-order valence-electron chi connectivity index (χ1n) is 1.73. The van der Waals surface area contributed by atoms with Gasteiger partial charge in [0, 0.05) is 0 Å². The second-order valence-corrected chi connectivity index (χ2v) is 0.885. The molecule has 0 rings (SSSR count). The zero-order valence-electron chi connectivity index (χ0n) is 3.89. The van der Waals surface area contributed by atoms with Gasteiger partial charge in [0.1, 0.15) is 5.76 Å². The van der Waals surface area contributed by atoms with Crippen molar-refractivity contribution in [1.82, 2.24) is 0 Å². The molecule has 7 heavy (non-hydrogen) atoms. The molecule has 0 aromatic heterocycles. The summed E-state index contributed by atoms with van der Waals surface area (Å²) in [6, 6.07) is 0. The van der Waals surface area contributed by atoms with Gasteiger partial charge in [-0.25, -0.2) is 0 Å². The summed E-state index contributed by atoms with van der Waals surface area (Å²) in [7, 11) is 0. The molecule has 2 heteroatoms. The average molecular weight is 98.1 g/mol. The van der Waals surface area contributed by atoms with Gasteiger partial charge in [0.15, 0.2) is 0 Å². The standard InChI is InChI=1S/C5H6O2/c1-3-5(2)7-4-6/h3-4H,1-2H2. The van der Waals surface area contributed by atoms with Crippen LogP contribution >= 0.6 is 0 Å². The van der Waals surface area contributed by atoms with E-state index in [2.05, 4.69) is 17.9 Å². The summed E-state index contributed by atoms with van der Waals surface area (Å²) in [4.78, 5) is 9.44. The highest BCUT2D eigenvalue weighted by atomic mass is 16.5. The number of carbonyl (C=O) groups is 1. The van der Waals surface area contributed by atoms with Gasteiger partial charge in [-0.1, -0.05) is 13.2 Å². The predicted octanol–water partition coefficient (Wildman–Crippen LogP) is 0.859. The van der Waals surface area contributed by atoms with E-state index in [4.69, 9.17) is 0 Å². The molecule has 0 fully saturated rings. The van der Waals surface area contributed by atoms with Crippen molar-refractivity contribution >= 4 is 6.47 Å². The fraction of sp³-hybridized carbons (Fsp3) is 0. The Morgan fingerprint density at radius 3 is 2.43 bits per heavy atom. The molecule has 0 aliphatic heterocycles. The highest BCUT2D eigenvalue weighted by Crippen LogP contribution is 1.87.